The number of rotatable bonds is 3. The molecule has 1 aliphatic heterocycles. The van der Waals surface area contributed by atoms with Crippen LogP contribution in [0.4, 0.5) is 11.8 Å². The van der Waals surface area contributed by atoms with Crippen LogP contribution < -0.4 is 21.3 Å². The summed E-state index contributed by atoms with van der Waals surface area (Å²) in [5, 5.41) is 3.39. The summed E-state index contributed by atoms with van der Waals surface area (Å²) < 4.78 is 5.63. The lowest BCUT2D eigenvalue weighted by Crippen LogP contribution is -2.21. The number of nitrogens with zero attached hydrogens (tertiary/aromatic N) is 2. The van der Waals surface area contributed by atoms with Crippen molar-refractivity contribution in [3.63, 3.8) is 0 Å². The van der Waals surface area contributed by atoms with Crippen molar-refractivity contribution in [2.75, 3.05) is 17.3 Å². The highest BCUT2D eigenvalue weighted by atomic mass is 16.5. The van der Waals surface area contributed by atoms with Gasteiger partial charge in [-0.15, -0.1) is 0 Å². The molecule has 6 heteroatoms. The van der Waals surface area contributed by atoms with E-state index >= 15 is 0 Å². The number of nitrogens with two attached hydrogens (primary N) is 1. The van der Waals surface area contributed by atoms with Gasteiger partial charge in [-0.05, 0) is 12.1 Å². The lowest BCUT2D eigenvalue weighted by Gasteiger charge is -2.27. The standard InChI is InChI=1S/C13H15N5O/c14-18-13-15-7-5-12(17-13)16-10-6-8-19-11-4-2-1-3-9(10)11/h1-5,7,10H,6,8,14H2,(H2,15,16,17,18). The van der Waals surface area contributed by atoms with Gasteiger partial charge in [-0.2, -0.15) is 4.98 Å². The summed E-state index contributed by atoms with van der Waals surface area (Å²) in [5.41, 5.74) is 3.58. The van der Waals surface area contributed by atoms with Gasteiger partial charge in [-0.25, -0.2) is 10.8 Å². The van der Waals surface area contributed by atoms with Crippen molar-refractivity contribution in [2.24, 2.45) is 5.84 Å². The Kier molecular flexibility index (Phi) is 3.16. The molecule has 0 saturated heterocycles. The van der Waals surface area contributed by atoms with Crippen LogP contribution in [0.15, 0.2) is 36.5 Å². The van der Waals surface area contributed by atoms with Crippen molar-refractivity contribution in [3.8, 4) is 5.75 Å². The van der Waals surface area contributed by atoms with Crippen molar-refractivity contribution in [1.29, 1.82) is 0 Å². The average Bonchev–Trinajstić information content (AvgIpc) is 2.48. The molecule has 1 aromatic carbocycles. The molecule has 0 saturated carbocycles. The van der Waals surface area contributed by atoms with E-state index in [-0.39, 0.29) is 6.04 Å². The van der Waals surface area contributed by atoms with Crippen LogP contribution in [0.1, 0.15) is 18.0 Å². The van der Waals surface area contributed by atoms with Crippen LogP contribution in [-0.2, 0) is 0 Å². The molecule has 3 rings (SSSR count). The van der Waals surface area contributed by atoms with E-state index in [0.717, 1.165) is 23.6 Å². The Bertz CT molecular complexity index is 574. The van der Waals surface area contributed by atoms with Crippen LogP contribution in [-0.4, -0.2) is 16.6 Å². The number of hydrazine groups is 1. The zero-order valence-corrected chi connectivity index (χ0v) is 10.3. The number of benzene rings is 1. The van der Waals surface area contributed by atoms with Crippen LogP contribution in [0.2, 0.25) is 0 Å². The van der Waals surface area contributed by atoms with Crippen molar-refractivity contribution < 1.29 is 4.74 Å². The zero-order valence-electron chi connectivity index (χ0n) is 10.3. The van der Waals surface area contributed by atoms with Gasteiger partial charge in [0.05, 0.1) is 12.6 Å². The van der Waals surface area contributed by atoms with Gasteiger partial charge in [0, 0.05) is 18.2 Å². The highest BCUT2D eigenvalue weighted by Crippen LogP contribution is 2.33. The molecular weight excluding hydrogens is 242 g/mol. The Morgan fingerprint density at radius 2 is 2.16 bits per heavy atom. The van der Waals surface area contributed by atoms with Crippen molar-refractivity contribution in [3.05, 3.63) is 42.1 Å². The number of nitrogens with one attached hydrogen (secondary N) is 2. The number of hydrogen-bond acceptors (Lipinski definition) is 6. The third-order valence-corrected chi connectivity index (χ3v) is 3.07. The summed E-state index contributed by atoms with van der Waals surface area (Å²) in [4.78, 5) is 8.24. The first-order valence-electron chi connectivity index (χ1n) is 6.15. The Labute approximate surface area is 111 Å². The fraction of sp³-hybridized carbons (Fsp3) is 0.231. The molecule has 1 aromatic heterocycles. The Hall–Kier alpha value is -2.34. The molecule has 0 spiro atoms. The first-order chi connectivity index (χ1) is 9.36. The van der Waals surface area contributed by atoms with Crippen LogP contribution in [0.25, 0.3) is 0 Å². The number of hydrogen-bond donors (Lipinski definition) is 3. The van der Waals surface area contributed by atoms with Gasteiger partial charge >= 0.3 is 0 Å². The molecule has 0 radical (unpaired) electrons. The summed E-state index contributed by atoms with van der Waals surface area (Å²) in [5.74, 6) is 7.37. The second kappa shape index (κ2) is 5.11. The van der Waals surface area contributed by atoms with E-state index in [2.05, 4.69) is 26.8 Å². The zero-order chi connectivity index (χ0) is 13.1. The van der Waals surface area contributed by atoms with E-state index in [1.807, 2.05) is 24.3 Å². The topological polar surface area (TPSA) is 85.1 Å². The first kappa shape index (κ1) is 11.7. The Balaban J connectivity index is 1.84. The van der Waals surface area contributed by atoms with Crippen molar-refractivity contribution >= 4 is 11.8 Å². The van der Waals surface area contributed by atoms with Crippen LogP contribution in [0, 0.1) is 0 Å². The maximum atomic E-state index is 5.63. The van der Waals surface area contributed by atoms with Crippen LogP contribution >= 0.6 is 0 Å². The molecular formula is C13H15N5O. The molecule has 19 heavy (non-hydrogen) atoms. The predicted octanol–water partition coefficient (Wildman–Crippen LogP) is 1.70. The Morgan fingerprint density at radius 3 is 3.05 bits per heavy atom. The second-order valence-corrected chi connectivity index (χ2v) is 4.28. The van der Waals surface area contributed by atoms with Gasteiger partial charge in [0.1, 0.15) is 11.6 Å². The monoisotopic (exact) mass is 257 g/mol. The fourth-order valence-corrected chi connectivity index (χ4v) is 2.18. The molecule has 2 aromatic rings. The highest BCUT2D eigenvalue weighted by molar-refractivity contribution is 5.45. The minimum absolute atomic E-state index is 0.186. The third-order valence-electron chi connectivity index (χ3n) is 3.07. The van der Waals surface area contributed by atoms with Crippen LogP contribution in [0.5, 0.6) is 5.75 Å². The molecule has 1 unspecified atom stereocenters. The summed E-state index contributed by atoms with van der Waals surface area (Å²) >= 11 is 0. The van der Waals surface area contributed by atoms with Gasteiger partial charge in [0.2, 0.25) is 5.95 Å². The van der Waals surface area contributed by atoms with E-state index in [4.69, 9.17) is 10.6 Å². The van der Waals surface area contributed by atoms with Gasteiger partial charge in [0.15, 0.2) is 0 Å². The maximum Gasteiger partial charge on any atom is 0.239 e. The first-order valence-corrected chi connectivity index (χ1v) is 6.15. The van der Waals surface area contributed by atoms with E-state index in [1.165, 1.54) is 0 Å². The smallest absolute Gasteiger partial charge is 0.239 e. The summed E-state index contributed by atoms with van der Waals surface area (Å²) in [7, 11) is 0. The van der Waals surface area contributed by atoms with E-state index in [0.29, 0.717) is 12.6 Å². The molecule has 2 heterocycles. The summed E-state index contributed by atoms with van der Waals surface area (Å²) in [6.45, 7) is 0.696. The average molecular weight is 257 g/mol. The lowest BCUT2D eigenvalue weighted by molar-refractivity contribution is 0.274. The third kappa shape index (κ3) is 2.43. The molecule has 6 nitrogen and oxygen atoms in total. The van der Waals surface area contributed by atoms with Gasteiger partial charge in [-0.1, -0.05) is 18.2 Å². The SMILES string of the molecule is NNc1nccc(NC2CCOc3ccccc32)n1. The van der Waals surface area contributed by atoms with E-state index in [9.17, 15) is 0 Å². The molecule has 0 aliphatic carbocycles. The molecule has 0 fully saturated rings. The normalized spacial score (nSPS) is 17.2. The number of aromatic nitrogens is 2. The molecule has 0 amide bonds. The predicted molar refractivity (Wildman–Crippen MR) is 72.8 cm³/mol. The van der Waals surface area contributed by atoms with E-state index < -0.39 is 0 Å². The molecule has 98 valence electrons. The number of anilines is 2. The lowest BCUT2D eigenvalue weighted by atomic mass is 10.0. The number of para-hydroxylation sites is 1. The molecule has 0 bridgehead atoms. The molecule has 1 aliphatic rings. The highest BCUT2D eigenvalue weighted by Gasteiger charge is 2.21. The maximum absolute atomic E-state index is 5.63. The molecule has 1 atom stereocenters. The summed E-state index contributed by atoms with van der Waals surface area (Å²) in [6.07, 6.45) is 2.56. The minimum atomic E-state index is 0.186. The van der Waals surface area contributed by atoms with Gasteiger partial charge in [0.25, 0.3) is 0 Å². The number of ether oxygens (including phenoxy) is 1. The van der Waals surface area contributed by atoms with Gasteiger partial charge in [-0.3, -0.25) is 5.43 Å². The van der Waals surface area contributed by atoms with E-state index in [1.54, 1.807) is 6.20 Å². The second-order valence-electron chi connectivity index (χ2n) is 4.28. The fourth-order valence-electron chi connectivity index (χ4n) is 2.18. The molecule has 4 N–H and O–H groups in total. The number of nitrogen functional groups attached to an aromatic ring is 1. The minimum Gasteiger partial charge on any atom is -0.493 e. The van der Waals surface area contributed by atoms with Crippen molar-refractivity contribution in [1.82, 2.24) is 9.97 Å². The number of fused-ring (bicyclic) bond motifs is 1. The largest absolute Gasteiger partial charge is 0.493 e. The van der Waals surface area contributed by atoms with Crippen LogP contribution in [0.3, 0.4) is 0 Å². The Morgan fingerprint density at radius 1 is 1.26 bits per heavy atom. The van der Waals surface area contributed by atoms with Gasteiger partial charge < -0.3 is 10.1 Å². The van der Waals surface area contributed by atoms with Crippen molar-refractivity contribution in [2.45, 2.75) is 12.5 Å². The quantitative estimate of drug-likeness (QED) is 0.573. The summed E-state index contributed by atoms with van der Waals surface area (Å²) in [6, 6.07) is 10.0.